The van der Waals surface area contributed by atoms with E-state index in [0.29, 0.717) is 11.6 Å². The van der Waals surface area contributed by atoms with E-state index in [4.69, 9.17) is 5.73 Å². The summed E-state index contributed by atoms with van der Waals surface area (Å²) in [4.78, 5) is 6.42. The van der Waals surface area contributed by atoms with Gasteiger partial charge in [-0.2, -0.15) is 4.98 Å². The number of piperidine rings is 1. The Hall–Kier alpha value is -1.69. The van der Waals surface area contributed by atoms with Crippen LogP contribution in [0.4, 0.5) is 10.3 Å². The third-order valence-electron chi connectivity index (χ3n) is 3.02. The van der Waals surface area contributed by atoms with Gasteiger partial charge in [0.05, 0.1) is 6.20 Å². The number of nitrogens with two attached hydrogens (primary N) is 1. The van der Waals surface area contributed by atoms with Gasteiger partial charge in [-0.1, -0.05) is 0 Å². The second-order valence-electron chi connectivity index (χ2n) is 4.41. The van der Waals surface area contributed by atoms with Crippen molar-refractivity contribution in [3.63, 3.8) is 0 Å². The van der Waals surface area contributed by atoms with Crippen molar-refractivity contribution in [2.75, 3.05) is 18.0 Å². The zero-order valence-corrected chi connectivity index (χ0v) is 9.38. The number of hydrogen-bond donors (Lipinski definition) is 1. The van der Waals surface area contributed by atoms with Crippen LogP contribution in [0, 0.1) is 5.82 Å². The first-order valence-corrected chi connectivity index (χ1v) is 5.75. The summed E-state index contributed by atoms with van der Waals surface area (Å²) in [5.74, 6) is 0.315. The van der Waals surface area contributed by atoms with Gasteiger partial charge in [-0.3, -0.25) is 0 Å². The lowest BCUT2D eigenvalue weighted by molar-refractivity contribution is 0.499. The molecule has 3 rings (SSSR count). The second-order valence-corrected chi connectivity index (χ2v) is 4.41. The van der Waals surface area contributed by atoms with Crippen LogP contribution in [0.2, 0.25) is 0 Å². The summed E-state index contributed by atoms with van der Waals surface area (Å²) in [6.45, 7) is 1.67. The molecule has 1 aliphatic rings. The maximum absolute atomic E-state index is 13.0. The van der Waals surface area contributed by atoms with E-state index < -0.39 is 0 Å². The molecule has 5 nitrogen and oxygen atoms in total. The summed E-state index contributed by atoms with van der Waals surface area (Å²) in [5, 5.41) is 4.27. The third kappa shape index (κ3) is 1.95. The molecule has 1 saturated heterocycles. The summed E-state index contributed by atoms with van der Waals surface area (Å²) in [6.07, 6.45) is 3.42. The maximum Gasteiger partial charge on any atom is 0.245 e. The third-order valence-corrected chi connectivity index (χ3v) is 3.02. The quantitative estimate of drug-likeness (QED) is 0.794. The van der Waals surface area contributed by atoms with Crippen molar-refractivity contribution >= 4 is 11.6 Å². The van der Waals surface area contributed by atoms with Crippen LogP contribution in [-0.2, 0) is 0 Å². The van der Waals surface area contributed by atoms with Gasteiger partial charge in [-0.05, 0) is 25.0 Å². The fraction of sp³-hybridized carbons (Fsp3) is 0.455. The summed E-state index contributed by atoms with van der Waals surface area (Å²) in [6, 6.07) is 3.18. The first-order valence-electron chi connectivity index (χ1n) is 5.75. The monoisotopic (exact) mass is 235 g/mol. The Kier molecular flexibility index (Phi) is 2.44. The Morgan fingerprint density at radius 1 is 1.41 bits per heavy atom. The van der Waals surface area contributed by atoms with Crippen molar-refractivity contribution in [2.24, 2.45) is 5.73 Å². The van der Waals surface area contributed by atoms with Gasteiger partial charge in [0, 0.05) is 19.1 Å². The number of aromatic nitrogens is 3. The van der Waals surface area contributed by atoms with Gasteiger partial charge < -0.3 is 10.6 Å². The number of halogens is 1. The largest absolute Gasteiger partial charge is 0.338 e. The van der Waals surface area contributed by atoms with Crippen LogP contribution in [0.1, 0.15) is 12.8 Å². The minimum Gasteiger partial charge on any atom is -0.338 e. The molecule has 0 spiro atoms. The molecule has 0 radical (unpaired) electrons. The van der Waals surface area contributed by atoms with Crippen LogP contribution in [0.3, 0.4) is 0 Å². The predicted molar refractivity (Wildman–Crippen MR) is 62.4 cm³/mol. The molecule has 0 bridgehead atoms. The molecule has 1 aliphatic heterocycles. The molecule has 0 aromatic carbocycles. The highest BCUT2D eigenvalue weighted by molar-refractivity contribution is 5.44. The van der Waals surface area contributed by atoms with E-state index in [0.717, 1.165) is 25.9 Å². The van der Waals surface area contributed by atoms with Gasteiger partial charge in [0.1, 0.15) is 5.82 Å². The number of nitrogens with zero attached hydrogens (tertiary/aromatic N) is 4. The van der Waals surface area contributed by atoms with Crippen LogP contribution < -0.4 is 10.6 Å². The molecular weight excluding hydrogens is 221 g/mol. The minimum absolute atomic E-state index is 0.173. The van der Waals surface area contributed by atoms with Crippen LogP contribution in [0.5, 0.6) is 0 Å². The standard InChI is InChI=1S/C11H14FN5/c12-8-3-4-10-14-11(15-17(10)6-8)16-5-1-2-9(13)7-16/h3-4,6,9H,1-2,5,7,13H2. The molecule has 3 heterocycles. The smallest absolute Gasteiger partial charge is 0.245 e. The lowest BCUT2D eigenvalue weighted by atomic mass is 10.1. The highest BCUT2D eigenvalue weighted by Crippen LogP contribution is 2.16. The van der Waals surface area contributed by atoms with E-state index in [2.05, 4.69) is 15.0 Å². The Morgan fingerprint density at radius 3 is 3.12 bits per heavy atom. The molecule has 17 heavy (non-hydrogen) atoms. The van der Waals surface area contributed by atoms with Gasteiger partial charge in [-0.25, -0.2) is 8.91 Å². The van der Waals surface area contributed by atoms with Crippen molar-refractivity contribution in [1.29, 1.82) is 0 Å². The fourth-order valence-electron chi connectivity index (χ4n) is 2.17. The van der Waals surface area contributed by atoms with Gasteiger partial charge in [0.2, 0.25) is 5.95 Å². The molecule has 2 N–H and O–H groups in total. The molecule has 1 unspecified atom stereocenters. The summed E-state index contributed by atoms with van der Waals surface area (Å²) in [7, 11) is 0. The molecule has 2 aromatic heterocycles. The molecule has 0 aliphatic carbocycles. The molecule has 1 fully saturated rings. The van der Waals surface area contributed by atoms with Gasteiger partial charge in [0.15, 0.2) is 5.65 Å². The molecule has 0 saturated carbocycles. The Morgan fingerprint density at radius 2 is 2.29 bits per heavy atom. The lowest BCUT2D eigenvalue weighted by Crippen LogP contribution is -2.43. The first-order chi connectivity index (χ1) is 8.22. The van der Waals surface area contributed by atoms with Crippen molar-refractivity contribution in [2.45, 2.75) is 18.9 Å². The highest BCUT2D eigenvalue weighted by Gasteiger charge is 2.20. The van der Waals surface area contributed by atoms with Crippen LogP contribution in [-0.4, -0.2) is 33.7 Å². The minimum atomic E-state index is -0.315. The maximum atomic E-state index is 13.0. The van der Waals surface area contributed by atoms with E-state index in [-0.39, 0.29) is 11.9 Å². The fourth-order valence-corrected chi connectivity index (χ4v) is 2.17. The van der Waals surface area contributed by atoms with E-state index in [1.807, 2.05) is 0 Å². The van der Waals surface area contributed by atoms with Gasteiger partial charge >= 0.3 is 0 Å². The molecule has 0 amide bonds. The zero-order chi connectivity index (χ0) is 11.8. The normalized spacial score (nSPS) is 21.1. The number of rotatable bonds is 1. The van der Waals surface area contributed by atoms with Crippen LogP contribution >= 0.6 is 0 Å². The van der Waals surface area contributed by atoms with Crippen molar-refractivity contribution < 1.29 is 4.39 Å². The molecular formula is C11H14FN5. The first kappa shape index (κ1) is 10.5. The molecule has 90 valence electrons. The van der Waals surface area contributed by atoms with Gasteiger partial charge in [0.25, 0.3) is 0 Å². The topological polar surface area (TPSA) is 59.5 Å². The lowest BCUT2D eigenvalue weighted by Gasteiger charge is -2.29. The van der Waals surface area contributed by atoms with Gasteiger partial charge in [-0.15, -0.1) is 5.10 Å². The van der Waals surface area contributed by atoms with Crippen LogP contribution in [0.15, 0.2) is 18.3 Å². The predicted octanol–water partition coefficient (Wildman–Crippen LogP) is 0.796. The van der Waals surface area contributed by atoms with E-state index >= 15 is 0 Å². The Balaban J connectivity index is 1.94. The second kappa shape index (κ2) is 3.96. The molecule has 2 aromatic rings. The average molecular weight is 235 g/mol. The van der Waals surface area contributed by atoms with Crippen molar-refractivity contribution in [1.82, 2.24) is 14.6 Å². The van der Waals surface area contributed by atoms with E-state index in [9.17, 15) is 4.39 Å². The van der Waals surface area contributed by atoms with E-state index in [1.165, 1.54) is 16.8 Å². The average Bonchev–Trinajstić information content (AvgIpc) is 2.72. The number of pyridine rings is 1. The number of fused-ring (bicyclic) bond motifs is 1. The SMILES string of the molecule is NC1CCCN(c2nc3ccc(F)cn3n2)C1. The number of anilines is 1. The zero-order valence-electron chi connectivity index (χ0n) is 9.38. The van der Waals surface area contributed by atoms with Crippen molar-refractivity contribution in [3.8, 4) is 0 Å². The van der Waals surface area contributed by atoms with E-state index in [1.54, 1.807) is 6.07 Å². The number of hydrogen-bond acceptors (Lipinski definition) is 4. The van der Waals surface area contributed by atoms with Crippen LogP contribution in [0.25, 0.3) is 5.65 Å². The Bertz CT molecular complexity index is 538. The summed E-state index contributed by atoms with van der Waals surface area (Å²) in [5.41, 5.74) is 6.57. The molecule has 1 atom stereocenters. The molecule has 6 heteroatoms. The Labute approximate surface area is 98.0 Å². The highest BCUT2D eigenvalue weighted by atomic mass is 19.1. The summed E-state index contributed by atoms with van der Waals surface area (Å²) < 4.78 is 14.5. The van der Waals surface area contributed by atoms with Crippen molar-refractivity contribution in [3.05, 3.63) is 24.1 Å². The summed E-state index contributed by atoms with van der Waals surface area (Å²) >= 11 is 0.